The van der Waals surface area contributed by atoms with Crippen LogP contribution in [-0.2, 0) is 0 Å². The first-order chi connectivity index (χ1) is 16.8. The summed E-state index contributed by atoms with van der Waals surface area (Å²) < 4.78 is 40.6. The Morgan fingerprint density at radius 1 is 1.06 bits per heavy atom. The van der Waals surface area contributed by atoms with Gasteiger partial charge in [0.2, 0.25) is 0 Å². The Morgan fingerprint density at radius 3 is 2.60 bits per heavy atom. The topological polar surface area (TPSA) is 85.6 Å². The average molecular weight is 478 g/mol. The third-order valence-corrected chi connectivity index (χ3v) is 5.95. The number of halogens is 3. The van der Waals surface area contributed by atoms with Crippen molar-refractivity contribution in [3.63, 3.8) is 0 Å². The van der Waals surface area contributed by atoms with Gasteiger partial charge in [0, 0.05) is 40.8 Å². The monoisotopic (exact) mass is 478 g/mol. The Hall–Kier alpha value is -4.08. The molecule has 1 aliphatic rings. The summed E-state index contributed by atoms with van der Waals surface area (Å²) in [5.74, 6) is 0.161. The highest BCUT2D eigenvalue weighted by atomic mass is 19.4. The summed E-state index contributed by atoms with van der Waals surface area (Å²) in [4.78, 5) is 21.6. The summed E-state index contributed by atoms with van der Waals surface area (Å²) in [6.07, 6.45) is 2.29. The lowest BCUT2D eigenvalue weighted by Crippen LogP contribution is -2.24. The molecule has 35 heavy (non-hydrogen) atoms. The maximum atomic E-state index is 13.2. The van der Waals surface area contributed by atoms with E-state index < -0.39 is 18.1 Å². The highest BCUT2D eigenvalue weighted by molar-refractivity contribution is 6.03. The number of pyridine rings is 2. The van der Waals surface area contributed by atoms with Gasteiger partial charge in [-0.05, 0) is 55.7 Å². The van der Waals surface area contributed by atoms with Gasteiger partial charge in [-0.3, -0.25) is 14.8 Å². The van der Waals surface area contributed by atoms with E-state index in [9.17, 15) is 18.0 Å². The average Bonchev–Trinajstić information content (AvgIpc) is 3.59. The first-order valence-electron chi connectivity index (χ1n) is 11.1. The first kappa shape index (κ1) is 22.7. The van der Waals surface area contributed by atoms with E-state index in [1.54, 1.807) is 48.8 Å². The summed E-state index contributed by atoms with van der Waals surface area (Å²) in [5, 5.41) is 10.2. The van der Waals surface area contributed by atoms with Crippen molar-refractivity contribution in [2.45, 2.75) is 37.9 Å². The van der Waals surface area contributed by atoms with Gasteiger partial charge < -0.3 is 9.88 Å². The normalized spacial score (nSPS) is 14.5. The van der Waals surface area contributed by atoms with Gasteiger partial charge in [-0.15, -0.1) is 10.2 Å². The molecule has 1 atom stereocenters. The van der Waals surface area contributed by atoms with Crippen LogP contribution >= 0.6 is 0 Å². The van der Waals surface area contributed by atoms with Gasteiger partial charge in [-0.25, -0.2) is 0 Å². The second-order valence-corrected chi connectivity index (χ2v) is 8.49. The minimum atomic E-state index is -4.45. The van der Waals surface area contributed by atoms with Crippen LogP contribution in [0.1, 0.15) is 47.9 Å². The van der Waals surface area contributed by atoms with Crippen LogP contribution in [0.3, 0.4) is 0 Å². The summed E-state index contributed by atoms with van der Waals surface area (Å²) >= 11 is 0. The van der Waals surface area contributed by atoms with E-state index in [1.165, 1.54) is 12.8 Å². The smallest absolute Gasteiger partial charge is 0.321 e. The predicted molar refractivity (Wildman–Crippen MR) is 124 cm³/mol. The van der Waals surface area contributed by atoms with Crippen LogP contribution < -0.4 is 5.32 Å². The standard InChI is InChI=1S/C25H21F3N6O/c1-15(25(26,27)28)34-14-31-33-23(34)18-3-2-4-20(11-18)32-24(35)22-12-17(9-10-29-22)19-7-8-21(30-13-19)16-5-6-16/h2-4,7-16H,5-6H2,1H3,(H,32,35)/t15-/m0/s1. The molecule has 7 nitrogen and oxygen atoms in total. The number of benzene rings is 1. The van der Waals surface area contributed by atoms with Gasteiger partial charge in [0.1, 0.15) is 18.1 Å². The minimum absolute atomic E-state index is 0.0493. The van der Waals surface area contributed by atoms with Gasteiger partial charge in [-0.1, -0.05) is 18.2 Å². The zero-order valence-corrected chi connectivity index (χ0v) is 18.7. The summed E-state index contributed by atoms with van der Waals surface area (Å²) in [6.45, 7) is 1.03. The molecule has 0 bridgehead atoms. The summed E-state index contributed by atoms with van der Waals surface area (Å²) in [5.41, 5.74) is 3.76. The summed E-state index contributed by atoms with van der Waals surface area (Å²) in [7, 11) is 0. The molecule has 1 aromatic carbocycles. The van der Waals surface area contributed by atoms with Gasteiger partial charge in [0.25, 0.3) is 5.91 Å². The van der Waals surface area contributed by atoms with E-state index in [1.807, 2.05) is 12.1 Å². The fourth-order valence-corrected chi connectivity index (χ4v) is 3.75. The fraction of sp³-hybridized carbons (Fsp3) is 0.240. The molecule has 178 valence electrons. The number of anilines is 1. The second-order valence-electron chi connectivity index (χ2n) is 8.49. The molecule has 10 heteroatoms. The number of aromatic nitrogens is 5. The molecule has 0 unspecified atom stereocenters. The molecule has 0 aliphatic heterocycles. The predicted octanol–water partition coefficient (Wildman–Crippen LogP) is 5.66. The fourth-order valence-electron chi connectivity index (χ4n) is 3.75. The molecule has 3 aromatic heterocycles. The number of carbonyl (C=O) groups excluding carboxylic acids is 1. The lowest BCUT2D eigenvalue weighted by atomic mass is 10.1. The van der Waals surface area contributed by atoms with E-state index in [-0.39, 0.29) is 11.5 Å². The van der Waals surface area contributed by atoms with Crippen molar-refractivity contribution in [2.24, 2.45) is 0 Å². The molecule has 1 fully saturated rings. The van der Waals surface area contributed by atoms with Gasteiger partial charge in [0.05, 0.1) is 0 Å². The molecular weight excluding hydrogens is 457 g/mol. The molecule has 1 saturated carbocycles. The van der Waals surface area contributed by atoms with Crippen LogP contribution in [0.5, 0.6) is 0 Å². The SMILES string of the molecule is C[C@H](n1cnnc1-c1cccc(NC(=O)c2cc(-c3ccc(C4CC4)nc3)ccn2)c1)C(F)(F)F. The Bertz CT molecular complexity index is 1360. The van der Waals surface area contributed by atoms with Crippen molar-refractivity contribution in [3.8, 4) is 22.5 Å². The van der Waals surface area contributed by atoms with E-state index >= 15 is 0 Å². The lowest BCUT2D eigenvalue weighted by molar-refractivity contribution is -0.162. The highest BCUT2D eigenvalue weighted by Crippen LogP contribution is 2.39. The van der Waals surface area contributed by atoms with Crippen molar-refractivity contribution in [1.29, 1.82) is 0 Å². The largest absolute Gasteiger partial charge is 0.408 e. The van der Waals surface area contributed by atoms with E-state index in [4.69, 9.17) is 0 Å². The second kappa shape index (κ2) is 8.94. The van der Waals surface area contributed by atoms with Crippen molar-refractivity contribution in [2.75, 3.05) is 5.32 Å². The third kappa shape index (κ3) is 4.91. The van der Waals surface area contributed by atoms with Crippen molar-refractivity contribution in [3.05, 3.63) is 78.6 Å². The van der Waals surface area contributed by atoms with Crippen molar-refractivity contribution >= 4 is 11.6 Å². The third-order valence-electron chi connectivity index (χ3n) is 5.95. The number of nitrogens with zero attached hydrogens (tertiary/aromatic N) is 5. The number of alkyl halides is 3. The zero-order valence-electron chi connectivity index (χ0n) is 18.7. The van der Waals surface area contributed by atoms with Crippen LogP contribution in [0.15, 0.2) is 67.3 Å². The molecule has 1 aliphatic carbocycles. The highest BCUT2D eigenvalue weighted by Gasteiger charge is 2.38. The van der Waals surface area contributed by atoms with Crippen molar-refractivity contribution in [1.82, 2.24) is 24.7 Å². The summed E-state index contributed by atoms with van der Waals surface area (Å²) in [6, 6.07) is 12.1. The molecule has 4 aromatic rings. The molecule has 0 spiro atoms. The number of rotatable bonds is 6. The van der Waals surface area contributed by atoms with Gasteiger partial charge in [0.15, 0.2) is 5.82 Å². The maximum Gasteiger partial charge on any atom is 0.408 e. The van der Waals surface area contributed by atoms with E-state index in [2.05, 4.69) is 25.5 Å². The molecule has 5 rings (SSSR count). The number of nitrogens with one attached hydrogen (secondary N) is 1. The Balaban J connectivity index is 1.35. The van der Waals surface area contributed by atoms with Gasteiger partial charge >= 0.3 is 6.18 Å². The maximum absolute atomic E-state index is 13.2. The zero-order chi connectivity index (χ0) is 24.6. The first-order valence-corrected chi connectivity index (χ1v) is 11.1. The number of carbonyl (C=O) groups is 1. The molecule has 3 heterocycles. The van der Waals surface area contributed by atoms with Crippen LogP contribution in [-0.4, -0.2) is 36.8 Å². The molecule has 0 saturated heterocycles. The van der Waals surface area contributed by atoms with Gasteiger partial charge in [-0.2, -0.15) is 13.2 Å². The molecule has 1 N–H and O–H groups in total. The lowest BCUT2D eigenvalue weighted by Gasteiger charge is -2.18. The number of hydrogen-bond acceptors (Lipinski definition) is 5. The quantitative estimate of drug-likeness (QED) is 0.387. The molecular formula is C25H21F3N6O. The van der Waals surface area contributed by atoms with Crippen LogP contribution in [0.4, 0.5) is 18.9 Å². The number of amides is 1. The van der Waals surface area contributed by atoms with Crippen LogP contribution in [0, 0.1) is 0 Å². The molecule has 1 amide bonds. The molecule has 0 radical (unpaired) electrons. The minimum Gasteiger partial charge on any atom is -0.321 e. The van der Waals surface area contributed by atoms with Crippen LogP contribution in [0.2, 0.25) is 0 Å². The van der Waals surface area contributed by atoms with E-state index in [0.29, 0.717) is 17.2 Å². The Labute approximate surface area is 199 Å². The van der Waals surface area contributed by atoms with E-state index in [0.717, 1.165) is 34.6 Å². The Morgan fingerprint density at radius 2 is 1.89 bits per heavy atom. The Kier molecular flexibility index (Phi) is 5.80. The van der Waals surface area contributed by atoms with Crippen molar-refractivity contribution < 1.29 is 18.0 Å². The number of hydrogen-bond donors (Lipinski definition) is 1. The van der Waals surface area contributed by atoms with Crippen LogP contribution in [0.25, 0.3) is 22.5 Å².